The van der Waals surface area contributed by atoms with Crippen LogP contribution in [0.1, 0.15) is 33.3 Å². The smallest absolute Gasteiger partial charge is 0.325 e. The molecule has 1 rings (SSSR count). The molecule has 0 unspecified atom stereocenters. The summed E-state index contributed by atoms with van der Waals surface area (Å²) < 4.78 is 4.93. The highest BCUT2D eigenvalue weighted by atomic mass is 16.5. The Balaban J connectivity index is 2.36. The molecule has 6 nitrogen and oxygen atoms in total. The molecule has 1 aromatic rings. The first-order valence-corrected chi connectivity index (χ1v) is 8.29. The second kappa shape index (κ2) is 10.3. The van der Waals surface area contributed by atoms with Gasteiger partial charge in [-0.2, -0.15) is 0 Å². The van der Waals surface area contributed by atoms with Gasteiger partial charge < -0.3 is 15.0 Å². The normalized spacial score (nSPS) is 11.0. The average molecular weight is 346 g/mol. The summed E-state index contributed by atoms with van der Waals surface area (Å²) in [5, 5.41) is 2.43. The van der Waals surface area contributed by atoms with Crippen LogP contribution in [-0.2, 0) is 19.1 Å². The molecule has 0 bridgehead atoms. The highest BCUT2D eigenvalue weighted by Gasteiger charge is 2.21. The van der Waals surface area contributed by atoms with Gasteiger partial charge in [0.1, 0.15) is 6.54 Å². The van der Waals surface area contributed by atoms with Gasteiger partial charge in [-0.1, -0.05) is 30.3 Å². The largest absolute Gasteiger partial charge is 0.454 e. The van der Waals surface area contributed by atoms with Crippen LogP contribution in [0.4, 0.5) is 0 Å². The lowest BCUT2D eigenvalue weighted by molar-refractivity contribution is -0.153. The molecule has 1 aromatic carbocycles. The Labute approximate surface area is 148 Å². The molecule has 2 amide bonds. The monoisotopic (exact) mass is 346 g/mol. The lowest BCUT2D eigenvalue weighted by Gasteiger charge is -2.30. The SMILES string of the molecule is CC(C)N(C(=O)COC(=O)CNC(=O)/C=C/c1ccccc1)C(C)C. The number of esters is 1. The van der Waals surface area contributed by atoms with Crippen LogP contribution >= 0.6 is 0 Å². The molecular weight excluding hydrogens is 320 g/mol. The standard InChI is InChI=1S/C19H26N2O4/c1-14(2)21(15(3)4)18(23)13-25-19(24)12-20-17(22)11-10-16-8-6-5-7-9-16/h5-11,14-15H,12-13H2,1-4H3,(H,20,22)/b11-10+. The van der Waals surface area contributed by atoms with Gasteiger partial charge in [-0.25, -0.2) is 0 Å². The molecule has 1 N–H and O–H groups in total. The van der Waals surface area contributed by atoms with Crippen LogP contribution in [0.25, 0.3) is 6.08 Å². The molecule has 0 saturated carbocycles. The van der Waals surface area contributed by atoms with E-state index in [2.05, 4.69) is 5.32 Å². The average Bonchev–Trinajstić information content (AvgIpc) is 2.56. The Kier molecular flexibility index (Phi) is 8.39. The fourth-order valence-corrected chi connectivity index (χ4v) is 2.39. The zero-order chi connectivity index (χ0) is 18.8. The molecule has 0 fully saturated rings. The molecule has 25 heavy (non-hydrogen) atoms. The number of hydrogen-bond donors (Lipinski definition) is 1. The van der Waals surface area contributed by atoms with Crippen molar-refractivity contribution in [3.8, 4) is 0 Å². The first-order valence-electron chi connectivity index (χ1n) is 8.29. The van der Waals surface area contributed by atoms with Crippen LogP contribution < -0.4 is 5.32 Å². The third-order valence-corrected chi connectivity index (χ3v) is 3.39. The maximum Gasteiger partial charge on any atom is 0.325 e. The van der Waals surface area contributed by atoms with Crippen LogP contribution in [0, 0.1) is 0 Å². The Hall–Kier alpha value is -2.63. The minimum atomic E-state index is -0.651. The molecule has 136 valence electrons. The van der Waals surface area contributed by atoms with Crippen LogP contribution in [0.2, 0.25) is 0 Å². The van der Waals surface area contributed by atoms with E-state index in [9.17, 15) is 14.4 Å². The van der Waals surface area contributed by atoms with Crippen molar-refractivity contribution in [2.24, 2.45) is 0 Å². The molecule has 0 heterocycles. The number of ether oxygens (including phenoxy) is 1. The molecule has 6 heteroatoms. The number of nitrogens with zero attached hydrogens (tertiary/aromatic N) is 1. The van der Waals surface area contributed by atoms with Crippen molar-refractivity contribution in [3.05, 3.63) is 42.0 Å². The first-order chi connectivity index (χ1) is 11.8. The predicted octanol–water partition coefficient (Wildman–Crippen LogP) is 2.00. The van der Waals surface area contributed by atoms with Crippen molar-refractivity contribution in [1.82, 2.24) is 10.2 Å². The second-order valence-corrected chi connectivity index (χ2v) is 6.11. The molecule has 0 spiro atoms. The van der Waals surface area contributed by atoms with Gasteiger partial charge in [0.05, 0.1) is 0 Å². The van der Waals surface area contributed by atoms with E-state index in [0.29, 0.717) is 0 Å². The van der Waals surface area contributed by atoms with E-state index in [-0.39, 0.29) is 31.1 Å². The van der Waals surface area contributed by atoms with Gasteiger partial charge in [0.25, 0.3) is 5.91 Å². The van der Waals surface area contributed by atoms with Crippen LogP contribution in [0.15, 0.2) is 36.4 Å². The highest BCUT2D eigenvalue weighted by molar-refractivity contribution is 5.93. The maximum atomic E-state index is 12.1. The topological polar surface area (TPSA) is 75.7 Å². The Bertz CT molecular complexity index is 601. The van der Waals surface area contributed by atoms with Crippen LogP contribution in [0.3, 0.4) is 0 Å². The summed E-state index contributed by atoms with van der Waals surface area (Å²) in [5.41, 5.74) is 0.883. The third-order valence-electron chi connectivity index (χ3n) is 3.39. The number of benzene rings is 1. The van der Waals surface area contributed by atoms with E-state index < -0.39 is 11.9 Å². The number of hydrogen-bond acceptors (Lipinski definition) is 4. The number of carbonyl (C=O) groups excluding carboxylic acids is 3. The van der Waals surface area contributed by atoms with Crippen molar-refractivity contribution < 1.29 is 19.1 Å². The van der Waals surface area contributed by atoms with E-state index in [1.54, 1.807) is 11.0 Å². The van der Waals surface area contributed by atoms with Crippen molar-refractivity contribution in [3.63, 3.8) is 0 Å². The predicted molar refractivity (Wildman–Crippen MR) is 96.6 cm³/mol. The third kappa shape index (κ3) is 7.65. The second-order valence-electron chi connectivity index (χ2n) is 6.11. The zero-order valence-corrected chi connectivity index (χ0v) is 15.2. The summed E-state index contributed by atoms with van der Waals surface area (Å²) in [7, 11) is 0. The zero-order valence-electron chi connectivity index (χ0n) is 15.2. The summed E-state index contributed by atoms with van der Waals surface area (Å²) >= 11 is 0. The highest BCUT2D eigenvalue weighted by Crippen LogP contribution is 2.05. The molecular formula is C19H26N2O4. The fourth-order valence-electron chi connectivity index (χ4n) is 2.39. The van der Waals surface area contributed by atoms with E-state index in [4.69, 9.17) is 4.74 Å². The molecule has 0 aliphatic rings. The lowest BCUT2D eigenvalue weighted by Crippen LogP contribution is -2.44. The summed E-state index contributed by atoms with van der Waals surface area (Å²) in [5.74, 6) is -1.31. The van der Waals surface area contributed by atoms with Crippen LogP contribution in [0.5, 0.6) is 0 Å². The van der Waals surface area contributed by atoms with Crippen LogP contribution in [-0.4, -0.2) is 47.9 Å². The molecule has 0 aliphatic carbocycles. The van der Waals surface area contributed by atoms with E-state index in [0.717, 1.165) is 5.56 Å². The van der Waals surface area contributed by atoms with Gasteiger partial charge in [-0.15, -0.1) is 0 Å². The fraction of sp³-hybridized carbons (Fsp3) is 0.421. The minimum Gasteiger partial charge on any atom is -0.454 e. The molecule has 0 aromatic heterocycles. The Morgan fingerprint density at radius 3 is 2.24 bits per heavy atom. The molecule has 0 atom stereocenters. The Morgan fingerprint density at radius 2 is 1.68 bits per heavy atom. The van der Waals surface area contributed by atoms with Gasteiger partial charge in [-0.3, -0.25) is 14.4 Å². The van der Waals surface area contributed by atoms with Crippen molar-refractivity contribution in [1.29, 1.82) is 0 Å². The van der Waals surface area contributed by atoms with Gasteiger partial charge >= 0.3 is 5.97 Å². The first kappa shape index (κ1) is 20.4. The summed E-state index contributed by atoms with van der Waals surface area (Å²) in [4.78, 5) is 37.0. The van der Waals surface area contributed by atoms with E-state index in [1.807, 2.05) is 58.0 Å². The van der Waals surface area contributed by atoms with Crippen molar-refractivity contribution >= 4 is 23.9 Å². The number of amides is 2. The number of rotatable bonds is 8. The van der Waals surface area contributed by atoms with Crippen molar-refractivity contribution in [2.45, 2.75) is 39.8 Å². The van der Waals surface area contributed by atoms with E-state index >= 15 is 0 Å². The number of carbonyl (C=O) groups is 3. The van der Waals surface area contributed by atoms with Gasteiger partial charge in [0.15, 0.2) is 6.61 Å². The van der Waals surface area contributed by atoms with Gasteiger partial charge in [0.2, 0.25) is 5.91 Å². The summed E-state index contributed by atoms with van der Waals surface area (Å²) in [6.07, 6.45) is 2.99. The summed E-state index contributed by atoms with van der Waals surface area (Å²) in [6, 6.07) is 9.38. The van der Waals surface area contributed by atoms with Gasteiger partial charge in [0, 0.05) is 18.2 Å². The van der Waals surface area contributed by atoms with Crippen molar-refractivity contribution in [2.75, 3.05) is 13.2 Å². The molecule has 0 radical (unpaired) electrons. The lowest BCUT2D eigenvalue weighted by atomic mass is 10.2. The minimum absolute atomic E-state index is 0.0222. The maximum absolute atomic E-state index is 12.1. The quantitative estimate of drug-likeness (QED) is 0.577. The van der Waals surface area contributed by atoms with Gasteiger partial charge in [-0.05, 0) is 39.3 Å². The Morgan fingerprint density at radius 1 is 1.08 bits per heavy atom. The number of nitrogens with one attached hydrogen (secondary N) is 1. The molecule has 0 aliphatic heterocycles. The molecule has 0 saturated heterocycles. The van der Waals surface area contributed by atoms with E-state index in [1.165, 1.54) is 6.08 Å². The summed E-state index contributed by atoms with van der Waals surface area (Å²) in [6.45, 7) is 7.00.